The van der Waals surface area contributed by atoms with E-state index in [0.717, 1.165) is 67.3 Å². The van der Waals surface area contributed by atoms with Crippen LogP contribution in [0, 0.1) is 0 Å². The van der Waals surface area contributed by atoms with Crippen molar-refractivity contribution < 1.29 is 4.74 Å². The van der Waals surface area contributed by atoms with Crippen molar-refractivity contribution in [3.05, 3.63) is 23.2 Å². The summed E-state index contributed by atoms with van der Waals surface area (Å²) < 4.78 is 5.44. The third kappa shape index (κ3) is 6.68. The minimum Gasteiger partial charge on any atom is -0.378 e. The summed E-state index contributed by atoms with van der Waals surface area (Å²) in [5.74, 6) is 0. The Morgan fingerprint density at radius 1 is 1.39 bits per heavy atom. The molecule has 0 radical (unpaired) electrons. The van der Waals surface area contributed by atoms with Gasteiger partial charge in [0.05, 0.1) is 24.6 Å². The molecule has 1 saturated heterocycles. The highest BCUT2D eigenvalue weighted by molar-refractivity contribution is 14.0. The zero-order chi connectivity index (χ0) is 15.8. The van der Waals surface area contributed by atoms with Crippen LogP contribution in [0.25, 0.3) is 0 Å². The van der Waals surface area contributed by atoms with Crippen LogP contribution in [0.3, 0.4) is 0 Å². The minimum absolute atomic E-state index is 0. The average molecular weight is 470 g/mol. The number of anilines is 2. The van der Waals surface area contributed by atoms with Crippen molar-refractivity contribution in [3.63, 3.8) is 0 Å². The number of morpholine rings is 1. The van der Waals surface area contributed by atoms with Gasteiger partial charge in [0.15, 0.2) is 5.17 Å². The fraction of sp³-hybridized carbons (Fsp3) is 0.562. The lowest BCUT2D eigenvalue weighted by molar-refractivity contribution is 0.123. The maximum absolute atomic E-state index is 6.18. The predicted octanol–water partition coefficient (Wildman–Crippen LogP) is 4.73. The van der Waals surface area contributed by atoms with Crippen LogP contribution in [0.1, 0.15) is 19.8 Å². The molecule has 130 valence electrons. The van der Waals surface area contributed by atoms with E-state index in [1.807, 2.05) is 18.4 Å². The van der Waals surface area contributed by atoms with E-state index in [-0.39, 0.29) is 24.0 Å². The van der Waals surface area contributed by atoms with Gasteiger partial charge in [-0.2, -0.15) is 0 Å². The van der Waals surface area contributed by atoms with E-state index in [4.69, 9.17) is 16.3 Å². The molecule has 2 rings (SSSR count). The van der Waals surface area contributed by atoms with Crippen LogP contribution < -0.4 is 10.2 Å². The van der Waals surface area contributed by atoms with Crippen molar-refractivity contribution in [3.8, 4) is 0 Å². The van der Waals surface area contributed by atoms with Gasteiger partial charge >= 0.3 is 0 Å². The van der Waals surface area contributed by atoms with Crippen LogP contribution >= 0.6 is 47.3 Å². The Morgan fingerprint density at radius 2 is 2.13 bits per heavy atom. The summed E-state index contributed by atoms with van der Waals surface area (Å²) in [6.07, 6.45) is 4.30. The molecule has 1 aliphatic heterocycles. The minimum atomic E-state index is 0. The second-order valence-electron chi connectivity index (χ2n) is 5.13. The summed E-state index contributed by atoms with van der Waals surface area (Å²) >= 11 is 7.81. The molecule has 0 amide bonds. The molecule has 1 aromatic rings. The normalized spacial score (nSPS) is 15.3. The van der Waals surface area contributed by atoms with E-state index in [0.29, 0.717) is 0 Å². The van der Waals surface area contributed by atoms with Crippen LogP contribution in [0.4, 0.5) is 11.4 Å². The first-order valence-corrected chi connectivity index (χ1v) is 9.32. The van der Waals surface area contributed by atoms with Crippen LogP contribution in [0.5, 0.6) is 0 Å². The second kappa shape index (κ2) is 11.4. The standard InChI is InChI=1S/C16H24ClN3OS.HI/c1-3-4-7-18-16(22-2)19-14-12-13(17)5-6-15(14)20-8-10-21-11-9-20;/h5-6,12H,3-4,7-11H2,1-2H3,(H,18,19);1H. The van der Waals surface area contributed by atoms with Crippen LogP contribution in [0.2, 0.25) is 5.02 Å². The number of nitrogens with one attached hydrogen (secondary N) is 1. The Balaban J connectivity index is 0.00000264. The summed E-state index contributed by atoms with van der Waals surface area (Å²) in [7, 11) is 0. The number of hydrogen-bond donors (Lipinski definition) is 1. The summed E-state index contributed by atoms with van der Waals surface area (Å²) in [5, 5.41) is 5.11. The van der Waals surface area contributed by atoms with Gasteiger partial charge in [-0.1, -0.05) is 36.7 Å². The van der Waals surface area contributed by atoms with E-state index in [1.54, 1.807) is 11.8 Å². The molecule has 1 N–H and O–H groups in total. The van der Waals surface area contributed by atoms with Gasteiger partial charge in [-0.3, -0.25) is 4.99 Å². The van der Waals surface area contributed by atoms with Gasteiger partial charge in [0.1, 0.15) is 0 Å². The highest BCUT2D eigenvalue weighted by Gasteiger charge is 2.16. The molecule has 0 aromatic heterocycles. The summed E-state index contributed by atoms with van der Waals surface area (Å²) in [6, 6.07) is 5.97. The zero-order valence-corrected chi connectivity index (χ0v) is 17.6. The number of halogens is 2. The van der Waals surface area contributed by atoms with Crippen molar-refractivity contribution in [2.75, 3.05) is 49.3 Å². The lowest BCUT2D eigenvalue weighted by Gasteiger charge is -2.30. The molecule has 0 spiro atoms. The fourth-order valence-corrected chi connectivity index (χ4v) is 2.90. The first-order valence-electron chi connectivity index (χ1n) is 7.72. The molecule has 0 aliphatic carbocycles. The number of ether oxygens (including phenoxy) is 1. The Labute approximate surface area is 165 Å². The maximum atomic E-state index is 6.18. The monoisotopic (exact) mass is 469 g/mol. The number of amidine groups is 1. The molecular weight excluding hydrogens is 445 g/mol. The van der Waals surface area contributed by atoms with Crippen molar-refractivity contribution in [2.24, 2.45) is 4.99 Å². The van der Waals surface area contributed by atoms with Crippen molar-refractivity contribution in [2.45, 2.75) is 19.8 Å². The van der Waals surface area contributed by atoms with Crippen LogP contribution in [0.15, 0.2) is 23.2 Å². The van der Waals surface area contributed by atoms with E-state index >= 15 is 0 Å². The van der Waals surface area contributed by atoms with Gasteiger partial charge in [0.2, 0.25) is 0 Å². The molecule has 1 aromatic carbocycles. The summed E-state index contributed by atoms with van der Waals surface area (Å²) in [4.78, 5) is 6.95. The van der Waals surface area contributed by atoms with Gasteiger partial charge in [-0.25, -0.2) is 0 Å². The van der Waals surface area contributed by atoms with Gasteiger partial charge in [0.25, 0.3) is 0 Å². The van der Waals surface area contributed by atoms with Crippen molar-refractivity contribution in [1.82, 2.24) is 0 Å². The number of unbranched alkanes of at least 4 members (excludes halogenated alkanes) is 1. The van der Waals surface area contributed by atoms with Crippen molar-refractivity contribution >= 4 is 63.9 Å². The Morgan fingerprint density at radius 3 is 2.78 bits per heavy atom. The molecule has 1 fully saturated rings. The molecule has 7 heteroatoms. The number of hydrogen-bond acceptors (Lipinski definition) is 4. The first kappa shape index (κ1) is 20.9. The topological polar surface area (TPSA) is 36.9 Å². The average Bonchev–Trinajstić information content (AvgIpc) is 2.55. The lowest BCUT2D eigenvalue weighted by atomic mass is 10.2. The third-order valence-corrected chi connectivity index (χ3v) is 4.37. The molecular formula is C16H25ClIN3OS. The SMILES string of the molecule is CCCCN=C(Nc1cc(Cl)ccc1N1CCOCC1)SC.I. The molecule has 1 heterocycles. The van der Waals surface area contributed by atoms with Gasteiger partial charge in [0, 0.05) is 24.7 Å². The zero-order valence-electron chi connectivity index (χ0n) is 13.7. The summed E-state index contributed by atoms with van der Waals surface area (Å²) in [5.41, 5.74) is 2.17. The smallest absolute Gasteiger partial charge is 0.160 e. The first-order chi connectivity index (χ1) is 10.7. The molecule has 0 saturated carbocycles. The Bertz CT molecular complexity index is 510. The number of aliphatic imine (C=N–C) groups is 1. The lowest BCUT2D eigenvalue weighted by Crippen LogP contribution is -2.36. The fourth-order valence-electron chi connectivity index (χ4n) is 2.30. The Kier molecular flexibility index (Phi) is 10.3. The highest BCUT2D eigenvalue weighted by Crippen LogP contribution is 2.30. The molecule has 0 unspecified atom stereocenters. The second-order valence-corrected chi connectivity index (χ2v) is 6.36. The van der Waals surface area contributed by atoms with E-state index in [1.165, 1.54) is 0 Å². The Hall–Kier alpha value is -0.180. The molecule has 23 heavy (non-hydrogen) atoms. The largest absolute Gasteiger partial charge is 0.378 e. The van der Waals surface area contributed by atoms with Crippen LogP contribution in [-0.2, 0) is 4.74 Å². The number of rotatable bonds is 5. The van der Waals surface area contributed by atoms with E-state index in [9.17, 15) is 0 Å². The highest BCUT2D eigenvalue weighted by atomic mass is 127. The predicted molar refractivity (Wildman–Crippen MR) is 114 cm³/mol. The van der Waals surface area contributed by atoms with E-state index in [2.05, 4.69) is 28.2 Å². The maximum Gasteiger partial charge on any atom is 0.160 e. The number of benzene rings is 1. The van der Waals surface area contributed by atoms with Gasteiger partial charge in [-0.15, -0.1) is 24.0 Å². The number of nitrogens with zero attached hydrogens (tertiary/aromatic N) is 2. The van der Waals surface area contributed by atoms with Gasteiger partial charge in [-0.05, 0) is 30.9 Å². The molecule has 0 atom stereocenters. The molecule has 0 bridgehead atoms. The summed E-state index contributed by atoms with van der Waals surface area (Å²) in [6.45, 7) is 6.36. The third-order valence-electron chi connectivity index (χ3n) is 3.51. The van der Waals surface area contributed by atoms with Crippen LogP contribution in [-0.4, -0.2) is 44.3 Å². The quantitative estimate of drug-likeness (QED) is 0.293. The van der Waals surface area contributed by atoms with Crippen molar-refractivity contribution in [1.29, 1.82) is 0 Å². The molecule has 1 aliphatic rings. The number of thioether (sulfide) groups is 1. The molecule has 4 nitrogen and oxygen atoms in total. The van der Waals surface area contributed by atoms with E-state index < -0.39 is 0 Å². The van der Waals surface area contributed by atoms with Gasteiger partial charge < -0.3 is 15.0 Å².